The minimum Gasteiger partial charge on any atom is -0.452 e. The highest BCUT2D eigenvalue weighted by Crippen LogP contribution is 2.22. The highest BCUT2D eigenvalue weighted by Gasteiger charge is 2.28. The van der Waals surface area contributed by atoms with Gasteiger partial charge in [0.2, 0.25) is 10.0 Å². The van der Waals surface area contributed by atoms with Crippen molar-refractivity contribution >= 4 is 27.9 Å². The summed E-state index contributed by atoms with van der Waals surface area (Å²) >= 11 is 0. The molecule has 9 nitrogen and oxygen atoms in total. The van der Waals surface area contributed by atoms with Crippen molar-refractivity contribution in [1.29, 1.82) is 0 Å². The molecule has 0 radical (unpaired) electrons. The van der Waals surface area contributed by atoms with Gasteiger partial charge in [-0.25, -0.2) is 22.7 Å². The van der Waals surface area contributed by atoms with Crippen LogP contribution in [0.4, 0.5) is 4.79 Å². The highest BCUT2D eigenvalue weighted by molar-refractivity contribution is 7.89. The van der Waals surface area contributed by atoms with Crippen molar-refractivity contribution in [2.24, 2.45) is 5.92 Å². The molecular formula is C17H23N3O6S. The van der Waals surface area contributed by atoms with E-state index in [1.807, 2.05) is 19.2 Å². The monoisotopic (exact) mass is 397 g/mol. The second-order valence-electron chi connectivity index (χ2n) is 6.65. The number of carbonyl (C=O) groups excluding carboxylic acids is 3. The first-order valence-corrected chi connectivity index (χ1v) is 10.0. The van der Waals surface area contributed by atoms with Crippen LogP contribution in [0, 0.1) is 5.92 Å². The summed E-state index contributed by atoms with van der Waals surface area (Å²) in [5, 5.41) is 4.54. The fourth-order valence-corrected chi connectivity index (χ4v) is 3.28. The number of sulfonamides is 1. The normalized spacial score (nSPS) is 13.9. The Hall–Kier alpha value is -2.46. The zero-order valence-corrected chi connectivity index (χ0v) is 16.0. The number of nitrogens with one attached hydrogen (secondary N) is 3. The molecule has 3 amide bonds. The fourth-order valence-electron chi connectivity index (χ4n) is 1.98. The molecule has 1 fully saturated rings. The van der Waals surface area contributed by atoms with E-state index in [0.717, 1.165) is 12.8 Å². The number of ether oxygens (including phenoxy) is 1. The number of benzene rings is 1. The van der Waals surface area contributed by atoms with E-state index in [9.17, 15) is 22.8 Å². The van der Waals surface area contributed by atoms with E-state index < -0.39 is 34.5 Å². The lowest BCUT2D eigenvalue weighted by molar-refractivity contribution is -0.123. The van der Waals surface area contributed by atoms with Crippen LogP contribution in [-0.2, 0) is 19.6 Å². The van der Waals surface area contributed by atoms with E-state index in [0.29, 0.717) is 6.54 Å². The predicted octanol–water partition coefficient (Wildman–Crippen LogP) is 0.766. The largest absolute Gasteiger partial charge is 0.452 e. The third-order valence-electron chi connectivity index (χ3n) is 3.56. The summed E-state index contributed by atoms with van der Waals surface area (Å²) in [5.41, 5.74) is 0.0948. The fraction of sp³-hybridized carbons (Fsp3) is 0.471. The second-order valence-corrected chi connectivity index (χ2v) is 8.36. The number of rotatable bonds is 8. The van der Waals surface area contributed by atoms with Crippen molar-refractivity contribution in [2.75, 3.05) is 13.2 Å². The quantitative estimate of drug-likeness (QED) is 0.555. The molecule has 1 aliphatic rings. The molecule has 27 heavy (non-hydrogen) atoms. The number of amides is 3. The van der Waals surface area contributed by atoms with Gasteiger partial charge >= 0.3 is 12.0 Å². The Morgan fingerprint density at radius 1 is 1.15 bits per heavy atom. The van der Waals surface area contributed by atoms with E-state index in [2.05, 4.69) is 10.0 Å². The van der Waals surface area contributed by atoms with Crippen LogP contribution in [0.25, 0.3) is 0 Å². The molecule has 1 aliphatic carbocycles. The van der Waals surface area contributed by atoms with Gasteiger partial charge in [-0.3, -0.25) is 10.1 Å². The molecule has 1 saturated carbocycles. The van der Waals surface area contributed by atoms with Gasteiger partial charge in [0.1, 0.15) is 0 Å². The maximum atomic E-state index is 12.1. The molecule has 0 heterocycles. The van der Waals surface area contributed by atoms with Gasteiger partial charge in [0.05, 0.1) is 10.5 Å². The zero-order chi connectivity index (χ0) is 20.0. The van der Waals surface area contributed by atoms with Crippen molar-refractivity contribution in [3.63, 3.8) is 0 Å². The SMILES string of the molecule is CC(C)CNC(=O)NC(=O)COC(=O)c1ccc(S(=O)(=O)NC2CC2)cc1. The van der Waals surface area contributed by atoms with Crippen LogP contribution in [0.15, 0.2) is 29.2 Å². The van der Waals surface area contributed by atoms with E-state index >= 15 is 0 Å². The van der Waals surface area contributed by atoms with E-state index in [4.69, 9.17) is 4.74 Å². The van der Waals surface area contributed by atoms with Crippen LogP contribution in [0.5, 0.6) is 0 Å². The number of hydrogen-bond donors (Lipinski definition) is 3. The molecule has 0 aliphatic heterocycles. The minimum absolute atomic E-state index is 0.0177. The summed E-state index contributed by atoms with van der Waals surface area (Å²) in [6, 6.07) is 4.51. The molecule has 0 spiro atoms. The summed E-state index contributed by atoms with van der Waals surface area (Å²) in [4.78, 5) is 35.0. The Labute approximate surface area is 157 Å². The van der Waals surface area contributed by atoms with Crippen molar-refractivity contribution in [2.45, 2.75) is 37.6 Å². The molecule has 0 saturated heterocycles. The third kappa shape index (κ3) is 6.99. The first kappa shape index (κ1) is 20.8. The van der Waals surface area contributed by atoms with Crippen molar-refractivity contribution < 1.29 is 27.5 Å². The van der Waals surface area contributed by atoms with Crippen molar-refractivity contribution in [3.8, 4) is 0 Å². The highest BCUT2D eigenvalue weighted by atomic mass is 32.2. The topological polar surface area (TPSA) is 131 Å². The second kappa shape index (κ2) is 8.96. The number of esters is 1. The first-order chi connectivity index (χ1) is 12.7. The molecule has 0 unspecified atom stereocenters. The first-order valence-electron chi connectivity index (χ1n) is 8.54. The van der Waals surface area contributed by atoms with Crippen molar-refractivity contribution in [3.05, 3.63) is 29.8 Å². The summed E-state index contributed by atoms with van der Waals surface area (Å²) in [6.07, 6.45) is 1.64. The minimum atomic E-state index is -3.60. The Kier molecular flexibility index (Phi) is 6.92. The van der Waals surface area contributed by atoms with Crippen LogP contribution >= 0.6 is 0 Å². The van der Waals surface area contributed by atoms with Gasteiger partial charge < -0.3 is 10.1 Å². The molecule has 3 N–H and O–H groups in total. The van der Waals surface area contributed by atoms with Crippen LogP contribution in [0.3, 0.4) is 0 Å². The maximum absolute atomic E-state index is 12.1. The molecule has 0 aromatic heterocycles. The lowest BCUT2D eigenvalue weighted by atomic mass is 10.2. The summed E-state index contributed by atoms with van der Waals surface area (Å²) in [7, 11) is -3.60. The molecule has 10 heteroatoms. The van der Waals surface area contributed by atoms with Gasteiger partial charge in [0.15, 0.2) is 6.61 Å². The van der Waals surface area contributed by atoms with Gasteiger partial charge in [-0.1, -0.05) is 13.8 Å². The van der Waals surface area contributed by atoms with Gasteiger partial charge in [0.25, 0.3) is 5.91 Å². The van der Waals surface area contributed by atoms with E-state index in [-0.39, 0.29) is 22.4 Å². The average molecular weight is 397 g/mol. The molecule has 148 valence electrons. The summed E-state index contributed by atoms with van der Waals surface area (Å²) in [5.74, 6) is -1.33. The number of hydrogen-bond acceptors (Lipinski definition) is 6. The van der Waals surface area contributed by atoms with Crippen LogP contribution < -0.4 is 15.4 Å². The predicted molar refractivity (Wildman–Crippen MR) is 96.4 cm³/mol. The zero-order valence-electron chi connectivity index (χ0n) is 15.2. The van der Waals surface area contributed by atoms with Gasteiger partial charge in [-0.2, -0.15) is 0 Å². The lowest BCUT2D eigenvalue weighted by Crippen LogP contribution is -2.42. The molecular weight excluding hydrogens is 374 g/mol. The Morgan fingerprint density at radius 3 is 2.33 bits per heavy atom. The molecule has 1 aromatic carbocycles. The summed E-state index contributed by atoms with van der Waals surface area (Å²) < 4.78 is 31.5. The average Bonchev–Trinajstić information content (AvgIpc) is 3.41. The summed E-state index contributed by atoms with van der Waals surface area (Å²) in [6.45, 7) is 3.59. The number of imide groups is 1. The van der Waals surface area contributed by atoms with Crippen molar-refractivity contribution in [1.82, 2.24) is 15.4 Å². The van der Waals surface area contributed by atoms with Crippen LogP contribution in [0.2, 0.25) is 0 Å². The van der Waals surface area contributed by atoms with Gasteiger partial charge in [0, 0.05) is 12.6 Å². The number of carbonyl (C=O) groups is 3. The Bertz CT molecular complexity index is 800. The van der Waals surface area contributed by atoms with E-state index in [1.165, 1.54) is 24.3 Å². The van der Waals surface area contributed by atoms with E-state index in [1.54, 1.807) is 0 Å². The Balaban J connectivity index is 1.81. The molecule has 2 rings (SSSR count). The third-order valence-corrected chi connectivity index (χ3v) is 5.09. The van der Waals surface area contributed by atoms with Gasteiger partial charge in [-0.05, 0) is 43.0 Å². The van der Waals surface area contributed by atoms with Gasteiger partial charge in [-0.15, -0.1) is 0 Å². The molecule has 0 atom stereocenters. The number of urea groups is 1. The molecule has 0 bridgehead atoms. The maximum Gasteiger partial charge on any atom is 0.338 e. The standard InChI is InChI=1S/C17H23N3O6S/c1-11(2)9-18-17(23)19-15(21)10-26-16(22)12-3-7-14(8-4-12)27(24,25)20-13-5-6-13/h3-4,7-8,11,13,20H,5-6,9-10H2,1-2H3,(H2,18,19,21,23). The molecule has 1 aromatic rings. The van der Waals surface area contributed by atoms with Crippen LogP contribution in [-0.4, -0.2) is 45.5 Å². The van der Waals surface area contributed by atoms with Crippen LogP contribution in [0.1, 0.15) is 37.0 Å². The Morgan fingerprint density at radius 2 is 1.78 bits per heavy atom. The lowest BCUT2D eigenvalue weighted by Gasteiger charge is -2.09. The smallest absolute Gasteiger partial charge is 0.338 e.